The molecule has 1 amide bonds. The van der Waals surface area contributed by atoms with Crippen LogP contribution in [0.1, 0.15) is 40.6 Å². The predicted octanol–water partition coefficient (Wildman–Crippen LogP) is 2.48. The lowest BCUT2D eigenvalue weighted by molar-refractivity contribution is -0.116. The Bertz CT molecular complexity index is 483. The Labute approximate surface area is 123 Å². The lowest BCUT2D eigenvalue weighted by Crippen LogP contribution is -2.16. The molecule has 0 radical (unpaired) electrons. The largest absolute Gasteiger partial charge is 0.462 e. The van der Waals surface area contributed by atoms with E-state index in [-0.39, 0.29) is 11.9 Å². The minimum absolute atomic E-state index is 0.0768. The molecule has 1 heterocycles. The van der Waals surface area contributed by atoms with Crippen LogP contribution in [0.2, 0.25) is 0 Å². The van der Waals surface area contributed by atoms with E-state index in [9.17, 15) is 9.59 Å². The van der Waals surface area contributed by atoms with E-state index in [2.05, 4.69) is 10.6 Å². The standard InChI is InChI=1S/C14H22N2O3S/c1-5-19-14(18)12-9(2)10(3)20-13(12)16-11(17)7-6-8-15-4/h15H,5-8H2,1-4H3,(H,16,17). The zero-order valence-electron chi connectivity index (χ0n) is 12.5. The van der Waals surface area contributed by atoms with Gasteiger partial charge in [-0.1, -0.05) is 0 Å². The summed E-state index contributed by atoms with van der Waals surface area (Å²) in [5, 5.41) is 6.41. The van der Waals surface area contributed by atoms with Gasteiger partial charge in [-0.25, -0.2) is 4.79 Å². The number of carbonyl (C=O) groups is 2. The Kier molecular flexibility index (Phi) is 6.67. The molecular weight excluding hydrogens is 276 g/mol. The Morgan fingerprint density at radius 2 is 2.00 bits per heavy atom. The molecule has 1 aromatic heterocycles. The zero-order chi connectivity index (χ0) is 15.1. The Hall–Kier alpha value is -1.40. The monoisotopic (exact) mass is 298 g/mol. The lowest BCUT2D eigenvalue weighted by Gasteiger charge is -2.07. The first-order valence-electron chi connectivity index (χ1n) is 6.72. The molecule has 0 aliphatic rings. The van der Waals surface area contributed by atoms with E-state index < -0.39 is 0 Å². The van der Waals surface area contributed by atoms with Crippen molar-refractivity contribution in [2.45, 2.75) is 33.6 Å². The second-order valence-corrected chi connectivity index (χ2v) is 5.69. The van der Waals surface area contributed by atoms with Gasteiger partial charge in [0.15, 0.2) is 0 Å². The molecule has 0 fully saturated rings. The molecule has 0 bridgehead atoms. The van der Waals surface area contributed by atoms with Crippen LogP contribution in [0.5, 0.6) is 0 Å². The third kappa shape index (κ3) is 4.31. The van der Waals surface area contributed by atoms with Gasteiger partial charge in [0.25, 0.3) is 0 Å². The highest BCUT2D eigenvalue weighted by Gasteiger charge is 2.21. The van der Waals surface area contributed by atoms with Gasteiger partial charge in [0.2, 0.25) is 5.91 Å². The van der Waals surface area contributed by atoms with Gasteiger partial charge in [0, 0.05) is 11.3 Å². The quantitative estimate of drug-likeness (QED) is 0.599. The molecule has 0 saturated heterocycles. The normalized spacial score (nSPS) is 10.4. The number of thiophene rings is 1. The molecule has 0 atom stereocenters. The second-order valence-electron chi connectivity index (χ2n) is 4.46. The number of ether oxygens (including phenoxy) is 1. The molecule has 0 saturated carbocycles. The van der Waals surface area contributed by atoms with E-state index in [1.165, 1.54) is 11.3 Å². The molecule has 112 valence electrons. The van der Waals surface area contributed by atoms with Crippen molar-refractivity contribution in [2.75, 3.05) is 25.5 Å². The first-order valence-corrected chi connectivity index (χ1v) is 7.54. The van der Waals surface area contributed by atoms with Gasteiger partial charge < -0.3 is 15.4 Å². The van der Waals surface area contributed by atoms with Crippen LogP contribution in [0, 0.1) is 13.8 Å². The maximum Gasteiger partial charge on any atom is 0.341 e. The predicted molar refractivity (Wildman–Crippen MR) is 81.5 cm³/mol. The van der Waals surface area contributed by atoms with E-state index in [1.54, 1.807) is 6.92 Å². The smallest absolute Gasteiger partial charge is 0.341 e. The van der Waals surface area contributed by atoms with Crippen LogP contribution < -0.4 is 10.6 Å². The molecule has 5 nitrogen and oxygen atoms in total. The fraction of sp³-hybridized carbons (Fsp3) is 0.571. The van der Waals surface area contributed by atoms with Crippen molar-refractivity contribution in [1.82, 2.24) is 5.32 Å². The summed E-state index contributed by atoms with van der Waals surface area (Å²) in [6, 6.07) is 0. The maximum absolute atomic E-state index is 12.0. The minimum atomic E-state index is -0.375. The van der Waals surface area contributed by atoms with Crippen molar-refractivity contribution in [3.8, 4) is 0 Å². The average molecular weight is 298 g/mol. The number of carbonyl (C=O) groups excluding carboxylic acids is 2. The topological polar surface area (TPSA) is 67.4 Å². The Morgan fingerprint density at radius 1 is 1.30 bits per heavy atom. The van der Waals surface area contributed by atoms with Crippen molar-refractivity contribution in [3.63, 3.8) is 0 Å². The summed E-state index contributed by atoms with van der Waals surface area (Å²) in [4.78, 5) is 24.8. The number of anilines is 1. The molecule has 0 aromatic carbocycles. The second kappa shape index (κ2) is 8.01. The SMILES string of the molecule is CCOC(=O)c1c(NC(=O)CCCNC)sc(C)c1C. The van der Waals surface area contributed by atoms with Crippen molar-refractivity contribution >= 4 is 28.2 Å². The summed E-state index contributed by atoms with van der Waals surface area (Å²) < 4.78 is 5.05. The summed E-state index contributed by atoms with van der Waals surface area (Å²) in [7, 11) is 1.85. The number of nitrogens with one attached hydrogen (secondary N) is 2. The van der Waals surface area contributed by atoms with E-state index in [4.69, 9.17) is 4.74 Å². The fourth-order valence-electron chi connectivity index (χ4n) is 1.78. The number of hydrogen-bond donors (Lipinski definition) is 2. The fourth-order valence-corrected chi connectivity index (χ4v) is 2.84. The number of esters is 1. The summed E-state index contributed by atoms with van der Waals surface area (Å²) in [6.07, 6.45) is 1.19. The van der Waals surface area contributed by atoms with E-state index in [1.807, 2.05) is 20.9 Å². The Balaban J connectivity index is 2.81. The van der Waals surface area contributed by atoms with E-state index in [0.717, 1.165) is 23.4 Å². The molecular formula is C14H22N2O3S. The van der Waals surface area contributed by atoms with Crippen LogP contribution in [0.15, 0.2) is 0 Å². The van der Waals surface area contributed by atoms with Gasteiger partial charge in [-0.2, -0.15) is 0 Å². The maximum atomic E-state index is 12.0. The third-order valence-electron chi connectivity index (χ3n) is 2.95. The van der Waals surface area contributed by atoms with Gasteiger partial charge in [-0.15, -0.1) is 11.3 Å². The summed E-state index contributed by atoms with van der Waals surface area (Å²) >= 11 is 1.41. The van der Waals surface area contributed by atoms with Gasteiger partial charge in [0.05, 0.1) is 12.2 Å². The third-order valence-corrected chi connectivity index (χ3v) is 4.07. The molecule has 0 unspecified atom stereocenters. The molecule has 0 aliphatic carbocycles. The summed E-state index contributed by atoms with van der Waals surface area (Å²) in [5.74, 6) is -0.452. The van der Waals surface area contributed by atoms with Crippen LogP contribution in [-0.4, -0.2) is 32.1 Å². The van der Waals surface area contributed by atoms with Gasteiger partial charge in [0.1, 0.15) is 5.00 Å². The highest BCUT2D eigenvalue weighted by atomic mass is 32.1. The molecule has 20 heavy (non-hydrogen) atoms. The number of aryl methyl sites for hydroxylation is 1. The Morgan fingerprint density at radius 3 is 2.60 bits per heavy atom. The van der Waals surface area contributed by atoms with E-state index in [0.29, 0.717) is 23.6 Å². The van der Waals surface area contributed by atoms with Gasteiger partial charge in [-0.05, 0) is 46.3 Å². The van der Waals surface area contributed by atoms with Crippen LogP contribution in [0.4, 0.5) is 5.00 Å². The van der Waals surface area contributed by atoms with Crippen molar-refractivity contribution in [1.29, 1.82) is 0 Å². The van der Waals surface area contributed by atoms with Crippen LogP contribution in [-0.2, 0) is 9.53 Å². The van der Waals surface area contributed by atoms with Crippen molar-refractivity contribution in [3.05, 3.63) is 16.0 Å². The molecule has 0 spiro atoms. The molecule has 1 aromatic rings. The molecule has 1 rings (SSSR count). The highest BCUT2D eigenvalue weighted by Crippen LogP contribution is 2.33. The van der Waals surface area contributed by atoms with Crippen LogP contribution in [0.25, 0.3) is 0 Å². The number of rotatable bonds is 7. The average Bonchev–Trinajstić information content (AvgIpc) is 2.65. The lowest BCUT2D eigenvalue weighted by atomic mass is 10.1. The van der Waals surface area contributed by atoms with Crippen molar-refractivity contribution in [2.24, 2.45) is 0 Å². The van der Waals surface area contributed by atoms with Crippen molar-refractivity contribution < 1.29 is 14.3 Å². The van der Waals surface area contributed by atoms with Gasteiger partial charge in [-0.3, -0.25) is 4.79 Å². The van der Waals surface area contributed by atoms with Crippen LogP contribution in [0.3, 0.4) is 0 Å². The molecule has 2 N–H and O–H groups in total. The first kappa shape index (κ1) is 16.7. The highest BCUT2D eigenvalue weighted by molar-refractivity contribution is 7.16. The first-order chi connectivity index (χ1) is 9.51. The number of hydrogen-bond acceptors (Lipinski definition) is 5. The molecule has 0 aliphatic heterocycles. The summed E-state index contributed by atoms with van der Waals surface area (Å²) in [6.45, 7) is 6.68. The summed E-state index contributed by atoms with van der Waals surface area (Å²) in [5.41, 5.74) is 1.36. The number of amides is 1. The molecule has 6 heteroatoms. The minimum Gasteiger partial charge on any atom is -0.462 e. The van der Waals surface area contributed by atoms with Crippen LogP contribution >= 0.6 is 11.3 Å². The van der Waals surface area contributed by atoms with E-state index >= 15 is 0 Å². The van der Waals surface area contributed by atoms with Gasteiger partial charge >= 0.3 is 5.97 Å². The zero-order valence-corrected chi connectivity index (χ0v) is 13.3.